The van der Waals surface area contributed by atoms with Crippen LogP contribution in [0.25, 0.3) is 0 Å². The van der Waals surface area contributed by atoms with Gasteiger partial charge in [0, 0.05) is 5.69 Å². The first-order chi connectivity index (χ1) is 7.70. The number of hydrogen-bond acceptors (Lipinski definition) is 6. The van der Waals surface area contributed by atoms with Crippen molar-refractivity contribution in [2.45, 2.75) is 13.6 Å². The third-order valence-electron chi connectivity index (χ3n) is 1.75. The first-order valence-corrected chi connectivity index (χ1v) is 7.53. The maximum Gasteiger partial charge on any atom is 0.180 e. The topological polar surface area (TPSA) is 51.8 Å². The molecule has 0 atom stereocenters. The third-order valence-corrected chi connectivity index (χ3v) is 5.29. The van der Waals surface area contributed by atoms with Crippen LogP contribution in [0.5, 0.6) is 0 Å². The summed E-state index contributed by atoms with van der Waals surface area (Å²) in [7, 11) is 0. The number of thioether (sulfide) groups is 1. The van der Waals surface area contributed by atoms with E-state index in [1.165, 1.54) is 23.1 Å². The van der Waals surface area contributed by atoms with E-state index in [0.717, 1.165) is 13.6 Å². The van der Waals surface area contributed by atoms with Crippen LogP contribution in [-0.4, -0.2) is 16.5 Å². The van der Waals surface area contributed by atoms with Gasteiger partial charge < -0.3 is 5.73 Å². The lowest BCUT2D eigenvalue weighted by Gasteiger charge is -2.03. The quantitative estimate of drug-likeness (QED) is 0.690. The molecule has 1 aromatic carbocycles. The van der Waals surface area contributed by atoms with Crippen LogP contribution in [-0.2, 0) is 0 Å². The molecule has 0 saturated carbocycles. The summed E-state index contributed by atoms with van der Waals surface area (Å²) < 4.78 is 1.79. The fourth-order valence-electron chi connectivity index (χ4n) is 1.04. The molecule has 7 heteroatoms. The zero-order valence-corrected chi connectivity index (χ0v) is 11.5. The van der Waals surface area contributed by atoms with E-state index >= 15 is 0 Å². The zero-order valence-electron chi connectivity index (χ0n) is 8.31. The van der Waals surface area contributed by atoms with Gasteiger partial charge in [0.05, 0.1) is 9.92 Å². The van der Waals surface area contributed by atoms with E-state index in [9.17, 15) is 0 Å². The summed E-state index contributed by atoms with van der Waals surface area (Å²) in [4.78, 5) is 0.841. The van der Waals surface area contributed by atoms with Gasteiger partial charge in [-0.25, -0.2) is 0 Å². The predicted octanol–water partition coefficient (Wildman–Crippen LogP) is 3.65. The van der Waals surface area contributed by atoms with Gasteiger partial charge in [-0.05, 0) is 18.4 Å². The van der Waals surface area contributed by atoms with Crippen molar-refractivity contribution in [1.82, 2.24) is 10.2 Å². The highest BCUT2D eigenvalue weighted by molar-refractivity contribution is 8.03. The Morgan fingerprint density at radius 2 is 2.06 bits per heavy atom. The number of hydrogen-bond donors (Lipinski definition) is 1. The smallest absolute Gasteiger partial charge is 0.180 e. The first kappa shape index (κ1) is 12.0. The van der Waals surface area contributed by atoms with Gasteiger partial charge in [0.15, 0.2) is 8.68 Å². The number of aromatic nitrogens is 2. The highest BCUT2D eigenvalue weighted by Crippen LogP contribution is 2.39. The molecule has 2 aromatic rings. The summed E-state index contributed by atoms with van der Waals surface area (Å²) in [5.74, 6) is 0. The van der Waals surface area contributed by atoms with Gasteiger partial charge in [0.25, 0.3) is 0 Å². The minimum Gasteiger partial charge on any atom is -0.398 e. The monoisotopic (exact) mass is 289 g/mol. The second kappa shape index (κ2) is 5.27. The molecular weight excluding hydrogens is 282 g/mol. The van der Waals surface area contributed by atoms with Crippen LogP contribution in [0.4, 0.5) is 5.69 Å². The first-order valence-electron chi connectivity index (χ1n) is 4.30. The molecule has 0 spiro atoms. The molecule has 0 unspecified atom stereocenters. The Labute approximate surface area is 111 Å². The zero-order chi connectivity index (χ0) is 11.5. The van der Waals surface area contributed by atoms with E-state index in [-0.39, 0.29) is 0 Å². The minimum absolute atomic E-state index is 0.644. The lowest BCUT2D eigenvalue weighted by molar-refractivity contribution is 0.956. The Balaban J connectivity index is 2.26. The molecule has 0 fully saturated rings. The molecule has 0 amide bonds. The van der Waals surface area contributed by atoms with Crippen LogP contribution in [0, 0.1) is 0 Å². The van der Waals surface area contributed by atoms with Crippen LogP contribution < -0.4 is 5.73 Å². The van der Waals surface area contributed by atoms with Gasteiger partial charge in [0.1, 0.15) is 0 Å². The van der Waals surface area contributed by atoms with Crippen molar-refractivity contribution in [3.63, 3.8) is 0 Å². The second-order valence-electron chi connectivity index (χ2n) is 2.80. The van der Waals surface area contributed by atoms with E-state index in [1.807, 2.05) is 24.5 Å². The largest absolute Gasteiger partial charge is 0.398 e. The maximum atomic E-state index is 6.07. The summed E-state index contributed by atoms with van der Waals surface area (Å²) in [6.07, 6.45) is 1.97. The number of rotatable bonds is 3. The fraction of sp³-hybridized carbons (Fsp3) is 0.111. The number of benzene rings is 1. The fourth-order valence-corrected chi connectivity index (χ4v) is 3.76. The normalized spacial score (nSPS) is 10.6. The summed E-state index contributed by atoms with van der Waals surface area (Å²) >= 11 is 10.6. The van der Waals surface area contributed by atoms with Crippen LogP contribution in [0.15, 0.2) is 31.8 Å². The van der Waals surface area contributed by atoms with E-state index in [1.54, 1.807) is 11.8 Å². The lowest BCUT2D eigenvalue weighted by atomic mass is 10.3. The van der Waals surface area contributed by atoms with Crippen LogP contribution in [0.2, 0.25) is 5.02 Å². The SMILES string of the molecule is CSc1nnc(Sc2c(N)cccc2Cl)s1. The van der Waals surface area contributed by atoms with Gasteiger partial charge in [-0.2, -0.15) is 0 Å². The molecule has 2 rings (SSSR count). The Hall–Kier alpha value is -0.430. The molecule has 0 aliphatic heterocycles. The van der Waals surface area contributed by atoms with Crippen LogP contribution >= 0.6 is 46.5 Å². The van der Waals surface area contributed by atoms with Gasteiger partial charge in [-0.3, -0.25) is 0 Å². The molecule has 2 N–H and O–H groups in total. The Morgan fingerprint density at radius 3 is 2.69 bits per heavy atom. The molecule has 0 saturated heterocycles. The van der Waals surface area contributed by atoms with Gasteiger partial charge in [0.2, 0.25) is 0 Å². The highest BCUT2D eigenvalue weighted by atomic mass is 35.5. The van der Waals surface area contributed by atoms with Crippen molar-refractivity contribution >= 4 is 52.1 Å². The second-order valence-corrected chi connectivity index (χ2v) is 6.49. The summed E-state index contributed by atoms with van der Waals surface area (Å²) in [6, 6.07) is 5.47. The number of nitrogens with two attached hydrogens (primary N) is 1. The van der Waals surface area contributed by atoms with Crippen molar-refractivity contribution in [3.05, 3.63) is 23.2 Å². The molecule has 0 radical (unpaired) electrons. The average Bonchev–Trinajstić information content (AvgIpc) is 2.71. The minimum atomic E-state index is 0.644. The van der Waals surface area contributed by atoms with Gasteiger partial charge in [-0.1, -0.05) is 52.5 Å². The standard InChI is InChI=1S/C9H8ClN3S3/c1-14-8-12-13-9(16-8)15-7-5(10)3-2-4-6(7)11/h2-4H,11H2,1H3. The molecule has 3 nitrogen and oxygen atoms in total. The summed E-state index contributed by atoms with van der Waals surface area (Å²) in [5.41, 5.74) is 6.52. The Bertz CT molecular complexity index is 480. The van der Waals surface area contributed by atoms with Gasteiger partial charge >= 0.3 is 0 Å². The molecule has 16 heavy (non-hydrogen) atoms. The lowest BCUT2D eigenvalue weighted by Crippen LogP contribution is -1.88. The van der Waals surface area contributed by atoms with E-state index < -0.39 is 0 Å². The van der Waals surface area contributed by atoms with Crippen molar-refractivity contribution in [1.29, 1.82) is 0 Å². The summed E-state index contributed by atoms with van der Waals surface area (Å²) in [6.45, 7) is 0. The Kier molecular flexibility index (Phi) is 3.96. The van der Waals surface area contributed by atoms with E-state index in [4.69, 9.17) is 17.3 Å². The molecule has 1 heterocycles. The average molecular weight is 290 g/mol. The number of nitrogens with zero attached hydrogens (tertiary/aromatic N) is 2. The maximum absolute atomic E-state index is 6.07. The summed E-state index contributed by atoms with van der Waals surface area (Å²) in [5, 5.41) is 8.72. The Morgan fingerprint density at radius 1 is 1.31 bits per heavy atom. The van der Waals surface area contributed by atoms with E-state index in [2.05, 4.69) is 10.2 Å². The van der Waals surface area contributed by atoms with Gasteiger partial charge in [-0.15, -0.1) is 10.2 Å². The number of halogens is 1. The number of anilines is 1. The molecule has 84 valence electrons. The molecular formula is C9H8ClN3S3. The van der Waals surface area contributed by atoms with E-state index in [0.29, 0.717) is 10.7 Å². The molecule has 1 aromatic heterocycles. The van der Waals surface area contributed by atoms with Crippen molar-refractivity contribution in [2.24, 2.45) is 0 Å². The van der Waals surface area contributed by atoms with Crippen LogP contribution in [0.1, 0.15) is 0 Å². The third kappa shape index (κ3) is 2.63. The van der Waals surface area contributed by atoms with Crippen LogP contribution in [0.3, 0.4) is 0 Å². The number of nitrogen functional groups attached to an aromatic ring is 1. The predicted molar refractivity (Wildman–Crippen MR) is 71.7 cm³/mol. The van der Waals surface area contributed by atoms with Crippen molar-refractivity contribution in [3.8, 4) is 0 Å². The molecule has 0 aliphatic carbocycles. The highest BCUT2D eigenvalue weighted by Gasteiger charge is 2.10. The van der Waals surface area contributed by atoms with Crippen molar-refractivity contribution < 1.29 is 0 Å². The molecule has 0 aliphatic rings. The van der Waals surface area contributed by atoms with Crippen molar-refractivity contribution in [2.75, 3.05) is 12.0 Å². The molecule has 0 bridgehead atoms.